The number of hydrogen-bond donors (Lipinski definition) is 4. The molecular formula is C34H26Cl2N14O4. The average molecular weight is 766 g/mol. The molecule has 2 amide bonds. The van der Waals surface area contributed by atoms with E-state index in [-0.39, 0.29) is 47.4 Å². The third-order valence-electron chi connectivity index (χ3n) is 8.88. The Kier molecular flexibility index (Phi) is 8.59. The predicted molar refractivity (Wildman–Crippen MR) is 197 cm³/mol. The Balaban J connectivity index is 1.38. The molecule has 4 heterocycles. The number of benzene rings is 4. The lowest BCUT2D eigenvalue weighted by atomic mass is 10.1. The van der Waals surface area contributed by atoms with E-state index in [4.69, 9.17) is 54.1 Å². The molecule has 0 aliphatic carbocycles. The van der Waals surface area contributed by atoms with Crippen molar-refractivity contribution in [3.05, 3.63) is 81.8 Å². The van der Waals surface area contributed by atoms with E-state index in [9.17, 15) is 9.59 Å². The van der Waals surface area contributed by atoms with E-state index >= 15 is 0 Å². The van der Waals surface area contributed by atoms with Crippen LogP contribution in [0.3, 0.4) is 0 Å². The van der Waals surface area contributed by atoms with Gasteiger partial charge in [-0.25, -0.2) is 9.97 Å². The Labute approximate surface area is 313 Å². The first kappa shape index (κ1) is 34.2. The fourth-order valence-corrected chi connectivity index (χ4v) is 7.13. The molecule has 4 aromatic heterocycles. The van der Waals surface area contributed by atoms with Gasteiger partial charge in [0.15, 0.2) is 11.5 Å². The standard InChI is InChI=1S/C34H26Cl2N14O4/c1-53-27-17(29(37)51)9-11-21-25(27)39-33(15-5-3-7-19(35)23(15)31-41-45-46-42-31)49(21)13-14-50-22-12-10-18(30(38)52)28(54-2)26(22)40-34(50)16-6-4-8-20(36)24(16)32-43-47-48-44-32/h3-12H,13-14H2,1-2H3,(H2,37,51)(H2,38,52)(H,41,42,45,46)(H,43,44,47,48). The number of fused-ring (bicyclic) bond motifs is 2. The van der Waals surface area contributed by atoms with Crippen LogP contribution < -0.4 is 20.9 Å². The molecule has 54 heavy (non-hydrogen) atoms. The lowest BCUT2D eigenvalue weighted by Gasteiger charge is -2.16. The number of ether oxygens (including phenoxy) is 2. The smallest absolute Gasteiger partial charge is 0.252 e. The summed E-state index contributed by atoms with van der Waals surface area (Å²) in [5, 5.41) is 29.9. The second kappa shape index (κ2) is 13.6. The monoisotopic (exact) mass is 764 g/mol. The second-order valence-corrected chi connectivity index (χ2v) is 12.5. The minimum atomic E-state index is -0.683. The van der Waals surface area contributed by atoms with Crippen molar-refractivity contribution >= 4 is 57.1 Å². The van der Waals surface area contributed by atoms with Crippen molar-refractivity contribution in [1.29, 1.82) is 0 Å². The van der Waals surface area contributed by atoms with Gasteiger partial charge in [-0.2, -0.15) is 10.4 Å². The molecule has 0 atom stereocenters. The van der Waals surface area contributed by atoms with Crippen molar-refractivity contribution < 1.29 is 19.1 Å². The number of nitrogens with zero attached hydrogens (tertiary/aromatic N) is 10. The van der Waals surface area contributed by atoms with Gasteiger partial charge in [-0.1, -0.05) is 47.5 Å². The van der Waals surface area contributed by atoms with Gasteiger partial charge >= 0.3 is 0 Å². The molecule has 8 aromatic rings. The SMILES string of the molecule is COc1c(C(N)=O)ccc2c1nc(-c1cccc(Cl)c1-c1nn[nH]n1)n2CCn1c(-c2cccc(Cl)c2-c2nn[nH]n2)nc2c(OC)c(C(N)=O)ccc21. The number of carbonyl (C=O) groups is 2. The quantitative estimate of drug-likeness (QED) is 0.144. The largest absolute Gasteiger partial charge is 0.494 e. The summed E-state index contributed by atoms with van der Waals surface area (Å²) in [5.41, 5.74) is 15.8. The molecular weight excluding hydrogens is 739 g/mol. The van der Waals surface area contributed by atoms with E-state index in [2.05, 4.69) is 41.2 Å². The van der Waals surface area contributed by atoms with Crippen molar-refractivity contribution in [2.75, 3.05) is 14.2 Å². The maximum absolute atomic E-state index is 12.5. The van der Waals surface area contributed by atoms with Crippen LogP contribution in [0.25, 0.3) is 67.6 Å². The first-order valence-corrected chi connectivity index (χ1v) is 16.8. The predicted octanol–water partition coefficient (Wildman–Crippen LogP) is 4.30. The topological polar surface area (TPSA) is 249 Å². The number of aryl methyl sites for hydroxylation is 2. The molecule has 0 bridgehead atoms. The van der Waals surface area contributed by atoms with Gasteiger partial charge in [-0.3, -0.25) is 9.59 Å². The van der Waals surface area contributed by atoms with Crippen LogP contribution in [-0.2, 0) is 13.1 Å². The summed E-state index contributed by atoms with van der Waals surface area (Å²) in [6.07, 6.45) is 0. The van der Waals surface area contributed by atoms with Crippen LogP contribution in [0.15, 0.2) is 60.7 Å². The van der Waals surface area contributed by atoms with Crippen molar-refractivity contribution in [2.24, 2.45) is 11.5 Å². The molecule has 20 heteroatoms. The van der Waals surface area contributed by atoms with E-state index in [1.807, 2.05) is 21.3 Å². The maximum atomic E-state index is 12.5. The molecule has 0 aliphatic rings. The number of methoxy groups -OCH3 is 2. The Morgan fingerprint density at radius 2 is 1.09 bits per heavy atom. The average Bonchev–Trinajstić information content (AvgIpc) is 3.99. The van der Waals surface area contributed by atoms with Gasteiger partial charge in [0.2, 0.25) is 11.6 Å². The zero-order valence-electron chi connectivity index (χ0n) is 28.2. The summed E-state index contributed by atoms with van der Waals surface area (Å²) < 4.78 is 15.3. The van der Waals surface area contributed by atoms with E-state index in [0.717, 1.165) is 0 Å². The first-order valence-electron chi connectivity index (χ1n) is 16.0. The van der Waals surface area contributed by atoms with E-state index < -0.39 is 11.8 Å². The number of nitrogens with two attached hydrogens (primary N) is 2. The van der Waals surface area contributed by atoms with Crippen molar-refractivity contribution in [3.63, 3.8) is 0 Å². The number of amides is 2. The zero-order chi connectivity index (χ0) is 37.7. The van der Waals surface area contributed by atoms with Crippen molar-refractivity contribution in [3.8, 4) is 57.1 Å². The van der Waals surface area contributed by atoms with Crippen molar-refractivity contribution in [1.82, 2.24) is 60.4 Å². The summed E-state index contributed by atoms with van der Waals surface area (Å²) in [4.78, 5) is 35.0. The van der Waals surface area contributed by atoms with Crippen LogP contribution in [0, 0.1) is 0 Å². The normalized spacial score (nSPS) is 11.4. The highest BCUT2D eigenvalue weighted by molar-refractivity contribution is 6.34. The Morgan fingerprint density at radius 1 is 0.667 bits per heavy atom. The van der Waals surface area contributed by atoms with Gasteiger partial charge in [0.1, 0.15) is 22.7 Å². The van der Waals surface area contributed by atoms with Gasteiger partial charge < -0.3 is 30.1 Å². The number of tetrazole rings is 2. The number of primary amides is 2. The molecule has 18 nitrogen and oxygen atoms in total. The van der Waals surface area contributed by atoms with Crippen LogP contribution in [0.2, 0.25) is 10.0 Å². The highest BCUT2D eigenvalue weighted by Crippen LogP contribution is 2.41. The van der Waals surface area contributed by atoms with Crippen molar-refractivity contribution in [2.45, 2.75) is 13.1 Å². The minimum Gasteiger partial charge on any atom is -0.494 e. The number of rotatable bonds is 11. The molecule has 0 radical (unpaired) electrons. The zero-order valence-corrected chi connectivity index (χ0v) is 29.7. The van der Waals surface area contributed by atoms with Crippen LogP contribution in [0.4, 0.5) is 0 Å². The van der Waals surface area contributed by atoms with Crippen LogP contribution >= 0.6 is 23.2 Å². The number of hydrogen-bond acceptors (Lipinski definition) is 12. The number of halogens is 2. The van der Waals surface area contributed by atoms with Gasteiger partial charge in [0, 0.05) is 24.2 Å². The lowest BCUT2D eigenvalue weighted by Crippen LogP contribution is -2.13. The van der Waals surface area contributed by atoms with Crippen LogP contribution in [0.1, 0.15) is 20.7 Å². The molecule has 0 aliphatic heterocycles. The van der Waals surface area contributed by atoms with Gasteiger partial charge in [0.05, 0.1) is 57.6 Å². The van der Waals surface area contributed by atoms with Crippen LogP contribution in [0.5, 0.6) is 11.5 Å². The summed E-state index contributed by atoms with van der Waals surface area (Å²) in [5.74, 6) is 0.414. The van der Waals surface area contributed by atoms with E-state index in [1.165, 1.54) is 14.2 Å². The molecule has 8 rings (SSSR count). The van der Waals surface area contributed by atoms with E-state index in [1.54, 1.807) is 48.5 Å². The Bertz CT molecular complexity index is 2560. The number of H-pyrrole nitrogens is 2. The third-order valence-corrected chi connectivity index (χ3v) is 9.51. The lowest BCUT2D eigenvalue weighted by molar-refractivity contribution is 0.0989. The van der Waals surface area contributed by atoms with Gasteiger partial charge in [-0.15, -0.1) is 20.4 Å². The van der Waals surface area contributed by atoms with E-state index in [0.29, 0.717) is 66.0 Å². The molecule has 6 N–H and O–H groups in total. The molecule has 0 saturated heterocycles. The Hall–Kier alpha value is -6.92. The number of nitrogens with one attached hydrogen (secondary N) is 2. The molecule has 0 saturated carbocycles. The molecule has 0 fully saturated rings. The highest BCUT2D eigenvalue weighted by atomic mass is 35.5. The summed E-state index contributed by atoms with van der Waals surface area (Å²) in [7, 11) is 2.88. The molecule has 4 aromatic carbocycles. The van der Waals surface area contributed by atoms with Gasteiger partial charge in [0.25, 0.3) is 11.8 Å². The van der Waals surface area contributed by atoms with Gasteiger partial charge in [-0.05, 0) is 46.8 Å². The van der Waals surface area contributed by atoms with Crippen LogP contribution in [-0.4, -0.2) is 86.4 Å². The molecule has 0 spiro atoms. The number of aromatic amines is 2. The molecule has 0 unspecified atom stereocenters. The summed E-state index contributed by atoms with van der Waals surface area (Å²) in [6.45, 7) is 0.499. The summed E-state index contributed by atoms with van der Waals surface area (Å²) in [6, 6.07) is 17.3. The number of carbonyl (C=O) groups excluding carboxylic acids is 2. The third kappa shape index (κ3) is 5.51. The highest BCUT2D eigenvalue weighted by Gasteiger charge is 2.27. The minimum absolute atomic E-state index is 0.154. The second-order valence-electron chi connectivity index (χ2n) is 11.7. The Morgan fingerprint density at radius 3 is 1.44 bits per heavy atom. The number of aromatic nitrogens is 12. The fraction of sp³-hybridized carbons (Fsp3) is 0.118. The summed E-state index contributed by atoms with van der Waals surface area (Å²) >= 11 is 13.5. The maximum Gasteiger partial charge on any atom is 0.252 e. The fourth-order valence-electron chi connectivity index (χ4n) is 6.61. The molecule has 270 valence electrons. The first-order chi connectivity index (χ1) is 26.2. The number of imidazole rings is 2.